The van der Waals surface area contributed by atoms with E-state index >= 15 is 0 Å². The van der Waals surface area contributed by atoms with Crippen LogP contribution in [0.2, 0.25) is 0 Å². The van der Waals surface area contributed by atoms with Gasteiger partial charge in [-0.2, -0.15) is 0 Å². The number of aryl methyl sites for hydroxylation is 1. The second-order valence-corrected chi connectivity index (χ2v) is 6.25. The van der Waals surface area contributed by atoms with E-state index < -0.39 is 23.8 Å². The van der Waals surface area contributed by atoms with E-state index in [2.05, 4.69) is 5.32 Å². The molecule has 0 spiro atoms. The van der Waals surface area contributed by atoms with Crippen LogP contribution in [0.1, 0.15) is 31.9 Å². The molecular formula is C16H26N2O3. The Hall–Kier alpha value is -1.59. The van der Waals surface area contributed by atoms with Crippen LogP contribution in [0, 0.1) is 6.92 Å². The van der Waals surface area contributed by atoms with Crippen molar-refractivity contribution in [3.8, 4) is 0 Å². The van der Waals surface area contributed by atoms with E-state index in [4.69, 9.17) is 10.5 Å². The highest BCUT2D eigenvalue weighted by Gasteiger charge is 2.24. The van der Waals surface area contributed by atoms with Gasteiger partial charge in [0.15, 0.2) is 0 Å². The normalized spacial score (nSPS) is 14.4. The first-order chi connectivity index (χ1) is 9.71. The lowest BCUT2D eigenvalue weighted by atomic mass is 10.0. The molecular weight excluding hydrogens is 268 g/mol. The standard InChI is InChI=1S/C16H26N2O3/c1-11-5-7-12(8-6-11)9-13(14(19)10-17)18-15(20)21-16(2,3)4/h5-8,13-14,19H,9-10,17H2,1-4H3,(H,18,20)/t13-,14-/m0/s1. The number of rotatable bonds is 5. The van der Waals surface area contributed by atoms with Gasteiger partial charge >= 0.3 is 6.09 Å². The van der Waals surface area contributed by atoms with Crippen LogP contribution in [-0.4, -0.2) is 35.5 Å². The summed E-state index contributed by atoms with van der Waals surface area (Å²) in [6.45, 7) is 7.46. The summed E-state index contributed by atoms with van der Waals surface area (Å²) in [7, 11) is 0. The van der Waals surface area contributed by atoms with Gasteiger partial charge in [-0.3, -0.25) is 0 Å². The third kappa shape index (κ3) is 6.60. The molecule has 0 aliphatic heterocycles. The van der Waals surface area contributed by atoms with Crippen molar-refractivity contribution >= 4 is 6.09 Å². The molecule has 4 N–H and O–H groups in total. The zero-order chi connectivity index (χ0) is 16.0. The summed E-state index contributed by atoms with van der Waals surface area (Å²) in [6, 6.07) is 7.46. The maximum Gasteiger partial charge on any atom is 0.407 e. The number of hydrogen-bond acceptors (Lipinski definition) is 4. The van der Waals surface area contributed by atoms with Gasteiger partial charge in [0.1, 0.15) is 5.60 Å². The predicted octanol–water partition coefficient (Wildman–Crippen LogP) is 1.75. The average molecular weight is 294 g/mol. The molecule has 5 heteroatoms. The molecule has 21 heavy (non-hydrogen) atoms. The molecule has 0 radical (unpaired) electrons. The lowest BCUT2D eigenvalue weighted by molar-refractivity contribution is 0.0430. The first-order valence-electron chi connectivity index (χ1n) is 7.14. The Morgan fingerprint density at radius 1 is 1.33 bits per heavy atom. The number of amides is 1. The Bertz CT molecular complexity index is 452. The molecule has 0 fully saturated rings. The number of alkyl carbamates (subject to hydrolysis) is 1. The molecule has 5 nitrogen and oxygen atoms in total. The van der Waals surface area contributed by atoms with Crippen LogP contribution >= 0.6 is 0 Å². The van der Waals surface area contributed by atoms with Crippen LogP contribution in [0.5, 0.6) is 0 Å². The monoisotopic (exact) mass is 294 g/mol. The third-order valence-electron chi connectivity index (χ3n) is 2.98. The Balaban J connectivity index is 2.72. The van der Waals surface area contributed by atoms with E-state index in [1.807, 2.05) is 31.2 Å². The molecule has 1 aromatic carbocycles. The van der Waals surface area contributed by atoms with Crippen molar-refractivity contribution in [1.82, 2.24) is 5.32 Å². The molecule has 0 heterocycles. The van der Waals surface area contributed by atoms with Gasteiger partial charge in [0, 0.05) is 6.54 Å². The smallest absolute Gasteiger partial charge is 0.407 e. The van der Waals surface area contributed by atoms with E-state index in [-0.39, 0.29) is 6.54 Å². The fraction of sp³-hybridized carbons (Fsp3) is 0.562. The van der Waals surface area contributed by atoms with Gasteiger partial charge in [-0.1, -0.05) is 29.8 Å². The van der Waals surface area contributed by atoms with E-state index in [9.17, 15) is 9.90 Å². The SMILES string of the molecule is Cc1ccc(C[C@H](NC(=O)OC(C)(C)C)[C@@H](O)CN)cc1. The largest absolute Gasteiger partial charge is 0.444 e. The number of benzene rings is 1. The minimum atomic E-state index is -0.821. The fourth-order valence-corrected chi connectivity index (χ4v) is 1.88. The first kappa shape index (κ1) is 17.5. The molecule has 118 valence electrons. The van der Waals surface area contributed by atoms with Crippen LogP contribution in [0.25, 0.3) is 0 Å². The van der Waals surface area contributed by atoms with Crippen LogP contribution < -0.4 is 11.1 Å². The molecule has 0 unspecified atom stereocenters. The van der Waals surface area contributed by atoms with Crippen molar-refractivity contribution in [3.05, 3.63) is 35.4 Å². The van der Waals surface area contributed by atoms with E-state index in [1.165, 1.54) is 0 Å². The van der Waals surface area contributed by atoms with Crippen LogP contribution in [0.15, 0.2) is 24.3 Å². The van der Waals surface area contributed by atoms with Crippen LogP contribution in [0.3, 0.4) is 0 Å². The van der Waals surface area contributed by atoms with E-state index in [0.29, 0.717) is 6.42 Å². The molecule has 1 rings (SSSR count). The number of carbonyl (C=O) groups is 1. The Morgan fingerprint density at radius 2 is 1.90 bits per heavy atom. The van der Waals surface area contributed by atoms with Crippen molar-refractivity contribution in [2.75, 3.05) is 6.54 Å². The molecule has 0 bridgehead atoms. The van der Waals surface area contributed by atoms with Gasteiger partial charge < -0.3 is 20.9 Å². The highest BCUT2D eigenvalue weighted by molar-refractivity contribution is 5.68. The van der Waals surface area contributed by atoms with Gasteiger partial charge in [0.05, 0.1) is 12.1 Å². The summed E-state index contributed by atoms with van der Waals surface area (Å²) in [6.07, 6.45) is -0.872. The number of nitrogens with one attached hydrogen (secondary N) is 1. The van der Waals surface area contributed by atoms with Crippen LogP contribution in [0.4, 0.5) is 4.79 Å². The molecule has 1 aromatic rings. The van der Waals surface area contributed by atoms with Gasteiger partial charge in [-0.15, -0.1) is 0 Å². The van der Waals surface area contributed by atoms with E-state index in [1.54, 1.807) is 20.8 Å². The maximum atomic E-state index is 11.8. The highest BCUT2D eigenvalue weighted by Crippen LogP contribution is 2.11. The van der Waals surface area contributed by atoms with Gasteiger partial charge in [0.25, 0.3) is 0 Å². The van der Waals surface area contributed by atoms with E-state index in [0.717, 1.165) is 11.1 Å². The van der Waals surface area contributed by atoms with Crippen molar-refractivity contribution in [2.45, 2.75) is 51.9 Å². The quantitative estimate of drug-likeness (QED) is 0.772. The molecule has 0 aliphatic rings. The number of aliphatic hydroxyl groups is 1. The second-order valence-electron chi connectivity index (χ2n) is 6.25. The van der Waals surface area contributed by atoms with Gasteiger partial charge in [-0.05, 0) is 39.7 Å². The summed E-state index contributed by atoms with van der Waals surface area (Å²) >= 11 is 0. The van der Waals surface area contributed by atoms with Crippen LogP contribution in [-0.2, 0) is 11.2 Å². The lowest BCUT2D eigenvalue weighted by Crippen LogP contribution is -2.49. The minimum absolute atomic E-state index is 0.0757. The van der Waals surface area contributed by atoms with Crippen molar-refractivity contribution in [1.29, 1.82) is 0 Å². The minimum Gasteiger partial charge on any atom is -0.444 e. The Kier molecular flexibility index (Phi) is 6.18. The van der Waals surface area contributed by atoms with Crippen molar-refractivity contribution in [3.63, 3.8) is 0 Å². The highest BCUT2D eigenvalue weighted by atomic mass is 16.6. The maximum absolute atomic E-state index is 11.8. The summed E-state index contributed by atoms with van der Waals surface area (Å²) < 4.78 is 5.22. The van der Waals surface area contributed by atoms with Crippen molar-refractivity contribution in [2.24, 2.45) is 5.73 Å². The molecule has 2 atom stereocenters. The molecule has 0 aliphatic carbocycles. The molecule has 0 saturated carbocycles. The Morgan fingerprint density at radius 3 is 2.38 bits per heavy atom. The second kappa shape index (κ2) is 7.43. The first-order valence-corrected chi connectivity index (χ1v) is 7.14. The molecule has 1 amide bonds. The third-order valence-corrected chi connectivity index (χ3v) is 2.98. The number of aliphatic hydroxyl groups excluding tert-OH is 1. The molecule has 0 aromatic heterocycles. The molecule has 0 saturated heterocycles. The topological polar surface area (TPSA) is 84.6 Å². The predicted molar refractivity (Wildman–Crippen MR) is 83.1 cm³/mol. The summed E-state index contributed by atoms with van der Waals surface area (Å²) in [5.74, 6) is 0. The summed E-state index contributed by atoms with van der Waals surface area (Å²) in [4.78, 5) is 11.8. The Labute approximate surface area is 126 Å². The number of hydrogen-bond donors (Lipinski definition) is 3. The van der Waals surface area contributed by atoms with Gasteiger partial charge in [0.2, 0.25) is 0 Å². The van der Waals surface area contributed by atoms with Crippen molar-refractivity contribution < 1.29 is 14.6 Å². The zero-order valence-corrected chi connectivity index (χ0v) is 13.2. The fourth-order valence-electron chi connectivity index (χ4n) is 1.88. The number of nitrogens with two attached hydrogens (primary N) is 1. The average Bonchev–Trinajstić information content (AvgIpc) is 2.37. The summed E-state index contributed by atoms with van der Waals surface area (Å²) in [5, 5.41) is 12.7. The zero-order valence-electron chi connectivity index (χ0n) is 13.2. The van der Waals surface area contributed by atoms with Gasteiger partial charge in [-0.25, -0.2) is 4.79 Å². The lowest BCUT2D eigenvalue weighted by Gasteiger charge is -2.26. The summed E-state index contributed by atoms with van der Waals surface area (Å²) in [5.41, 5.74) is 7.12. The number of ether oxygens (including phenoxy) is 1. The number of carbonyl (C=O) groups excluding carboxylic acids is 1.